The van der Waals surface area contributed by atoms with Crippen LogP contribution in [0.3, 0.4) is 0 Å². The molecule has 0 bridgehead atoms. The summed E-state index contributed by atoms with van der Waals surface area (Å²) in [6.07, 6.45) is 4.29. The van der Waals surface area contributed by atoms with Gasteiger partial charge < -0.3 is 4.90 Å². The molecule has 0 radical (unpaired) electrons. The van der Waals surface area contributed by atoms with Crippen molar-refractivity contribution in [1.29, 1.82) is 0 Å². The van der Waals surface area contributed by atoms with E-state index in [4.69, 9.17) is 0 Å². The van der Waals surface area contributed by atoms with Crippen molar-refractivity contribution >= 4 is 27.5 Å². The monoisotopic (exact) mass is 395 g/mol. The average Bonchev–Trinajstić information content (AvgIpc) is 3.46. The minimum Gasteiger partial charge on any atom is -0.343 e. The molecule has 0 aliphatic heterocycles. The predicted octanol–water partition coefficient (Wildman–Crippen LogP) is 4.08. The lowest BCUT2D eigenvalue weighted by atomic mass is 10.1. The van der Waals surface area contributed by atoms with Gasteiger partial charge in [0.1, 0.15) is 4.83 Å². The van der Waals surface area contributed by atoms with Crippen LogP contribution < -0.4 is 5.56 Å². The van der Waals surface area contributed by atoms with Crippen molar-refractivity contribution in [3.63, 3.8) is 0 Å². The van der Waals surface area contributed by atoms with E-state index in [9.17, 15) is 9.59 Å². The fourth-order valence-electron chi connectivity index (χ4n) is 3.59. The second kappa shape index (κ2) is 7.51. The Morgan fingerprint density at radius 1 is 1.32 bits per heavy atom. The molecule has 0 spiro atoms. The van der Waals surface area contributed by atoms with Crippen LogP contribution in [0.5, 0.6) is 0 Å². The van der Waals surface area contributed by atoms with E-state index in [0.717, 1.165) is 16.0 Å². The highest BCUT2D eigenvalue weighted by Crippen LogP contribution is 2.35. The van der Waals surface area contributed by atoms with Gasteiger partial charge in [-0.3, -0.25) is 14.2 Å². The van der Waals surface area contributed by atoms with Gasteiger partial charge in [-0.15, -0.1) is 11.3 Å². The van der Waals surface area contributed by atoms with Crippen LogP contribution >= 0.6 is 11.3 Å². The smallest absolute Gasteiger partial charge is 0.262 e. The number of thiophene rings is 1. The fourth-order valence-corrected chi connectivity index (χ4v) is 4.49. The second-order valence-electron chi connectivity index (χ2n) is 7.77. The third-order valence-corrected chi connectivity index (χ3v) is 6.68. The van der Waals surface area contributed by atoms with E-state index < -0.39 is 0 Å². The summed E-state index contributed by atoms with van der Waals surface area (Å²) in [7, 11) is 1.86. The lowest BCUT2D eigenvalue weighted by Gasteiger charge is -2.25. The van der Waals surface area contributed by atoms with Crippen molar-refractivity contribution < 1.29 is 4.79 Å². The lowest BCUT2D eigenvalue weighted by molar-refractivity contribution is -0.132. The Morgan fingerprint density at radius 3 is 2.71 bits per heavy atom. The first-order chi connectivity index (χ1) is 13.5. The predicted molar refractivity (Wildman–Crippen MR) is 114 cm³/mol. The Hall–Kier alpha value is -2.47. The molecule has 3 aromatic rings. The van der Waals surface area contributed by atoms with Crippen LogP contribution in [-0.4, -0.2) is 33.4 Å². The second-order valence-corrected chi connectivity index (χ2v) is 8.63. The Kier molecular flexibility index (Phi) is 5.06. The zero-order valence-corrected chi connectivity index (χ0v) is 17.3. The third kappa shape index (κ3) is 3.61. The lowest BCUT2D eigenvalue weighted by Crippen LogP contribution is -2.37. The van der Waals surface area contributed by atoms with Gasteiger partial charge in [-0.1, -0.05) is 29.8 Å². The molecule has 28 heavy (non-hydrogen) atoms. The van der Waals surface area contributed by atoms with E-state index in [1.165, 1.54) is 29.7 Å². The standard InChI is InChI=1S/C22H25N3O2S/c1-14-4-6-17(7-5-14)18-12-28-21-20(18)22(27)25(13-23-21)11-10-19(26)24(3)15(2)16-8-9-16/h4-7,12-13,15-16H,8-11H2,1-3H3. The van der Waals surface area contributed by atoms with E-state index in [1.54, 1.807) is 10.9 Å². The van der Waals surface area contributed by atoms with Crippen LogP contribution in [0.2, 0.25) is 0 Å². The number of benzene rings is 1. The van der Waals surface area contributed by atoms with E-state index in [-0.39, 0.29) is 17.5 Å². The largest absolute Gasteiger partial charge is 0.343 e. The summed E-state index contributed by atoms with van der Waals surface area (Å²) in [6.45, 7) is 4.50. The fraction of sp³-hybridized carbons (Fsp3) is 0.409. The van der Waals surface area contributed by atoms with Gasteiger partial charge in [-0.2, -0.15) is 0 Å². The molecule has 5 nitrogen and oxygen atoms in total. The highest BCUT2D eigenvalue weighted by Gasteiger charge is 2.32. The third-order valence-electron chi connectivity index (χ3n) is 5.80. The molecule has 1 aliphatic carbocycles. The molecule has 146 valence electrons. The number of fused-ring (bicyclic) bond motifs is 1. The summed E-state index contributed by atoms with van der Waals surface area (Å²) in [5, 5.41) is 2.63. The molecule has 2 heterocycles. The number of aryl methyl sites for hydroxylation is 2. The van der Waals surface area contributed by atoms with Gasteiger partial charge in [0.05, 0.1) is 11.7 Å². The maximum Gasteiger partial charge on any atom is 0.262 e. The molecule has 1 fully saturated rings. The first kappa shape index (κ1) is 18.9. The van der Waals surface area contributed by atoms with E-state index >= 15 is 0 Å². The molecule has 1 aromatic carbocycles. The van der Waals surface area contributed by atoms with E-state index in [2.05, 4.69) is 11.9 Å². The summed E-state index contributed by atoms with van der Waals surface area (Å²) < 4.78 is 1.57. The van der Waals surface area contributed by atoms with Gasteiger partial charge in [0.25, 0.3) is 5.56 Å². The van der Waals surface area contributed by atoms with Crippen molar-refractivity contribution in [1.82, 2.24) is 14.5 Å². The minimum atomic E-state index is -0.0764. The van der Waals surface area contributed by atoms with E-state index in [0.29, 0.717) is 24.3 Å². The van der Waals surface area contributed by atoms with Gasteiger partial charge in [0.15, 0.2) is 0 Å². The molecule has 1 aliphatic rings. The van der Waals surface area contributed by atoms with Crippen LogP contribution in [0, 0.1) is 12.8 Å². The molecule has 1 atom stereocenters. The summed E-state index contributed by atoms with van der Waals surface area (Å²) in [5.41, 5.74) is 3.04. The number of hydrogen-bond acceptors (Lipinski definition) is 4. The quantitative estimate of drug-likeness (QED) is 0.632. The summed E-state index contributed by atoms with van der Waals surface area (Å²) in [4.78, 5) is 32.6. The number of hydrogen-bond donors (Lipinski definition) is 0. The Labute approximate surface area is 168 Å². The van der Waals surface area contributed by atoms with Gasteiger partial charge >= 0.3 is 0 Å². The number of carbonyl (C=O) groups is 1. The number of amides is 1. The molecule has 0 saturated heterocycles. The molecule has 1 amide bonds. The minimum absolute atomic E-state index is 0.0764. The zero-order valence-electron chi connectivity index (χ0n) is 16.5. The topological polar surface area (TPSA) is 55.2 Å². The molecule has 0 N–H and O–H groups in total. The first-order valence-corrected chi connectivity index (χ1v) is 10.6. The van der Waals surface area contributed by atoms with Gasteiger partial charge in [0, 0.05) is 37.0 Å². The van der Waals surface area contributed by atoms with Crippen molar-refractivity contribution in [2.45, 2.75) is 45.7 Å². The summed E-state index contributed by atoms with van der Waals surface area (Å²) in [5.74, 6) is 0.716. The van der Waals surface area contributed by atoms with Crippen LogP contribution in [0.1, 0.15) is 31.7 Å². The molecular weight excluding hydrogens is 370 g/mol. The number of carbonyl (C=O) groups excluding carboxylic acids is 1. The van der Waals surface area contributed by atoms with Crippen LogP contribution in [0.4, 0.5) is 0 Å². The highest BCUT2D eigenvalue weighted by atomic mass is 32.1. The maximum absolute atomic E-state index is 13.1. The van der Waals surface area contributed by atoms with E-state index in [1.807, 2.05) is 48.5 Å². The Balaban J connectivity index is 1.57. The maximum atomic E-state index is 13.1. The van der Waals surface area contributed by atoms with Gasteiger partial charge in [-0.25, -0.2) is 4.98 Å². The highest BCUT2D eigenvalue weighted by molar-refractivity contribution is 7.17. The first-order valence-electron chi connectivity index (χ1n) is 9.75. The van der Waals surface area contributed by atoms with Gasteiger partial charge in [0.2, 0.25) is 5.91 Å². The molecular formula is C22H25N3O2S. The van der Waals surface area contributed by atoms with Crippen LogP contribution in [0.15, 0.2) is 40.8 Å². The molecule has 6 heteroatoms. The number of rotatable bonds is 6. The molecule has 1 saturated carbocycles. The summed E-state index contributed by atoms with van der Waals surface area (Å²) >= 11 is 1.48. The van der Waals surface area contributed by atoms with Crippen LogP contribution in [-0.2, 0) is 11.3 Å². The van der Waals surface area contributed by atoms with Crippen molar-refractivity contribution in [3.8, 4) is 11.1 Å². The zero-order chi connectivity index (χ0) is 19.8. The molecule has 1 unspecified atom stereocenters. The number of aromatic nitrogens is 2. The molecule has 2 aromatic heterocycles. The number of nitrogens with zero attached hydrogens (tertiary/aromatic N) is 3. The van der Waals surface area contributed by atoms with Gasteiger partial charge in [-0.05, 0) is 38.2 Å². The molecule has 4 rings (SSSR count). The Morgan fingerprint density at radius 2 is 2.04 bits per heavy atom. The van der Waals surface area contributed by atoms with Crippen LogP contribution in [0.25, 0.3) is 21.3 Å². The average molecular weight is 396 g/mol. The SMILES string of the molecule is Cc1ccc(-c2csc3ncn(CCC(=O)N(C)C(C)C4CC4)c(=O)c23)cc1. The van der Waals surface area contributed by atoms with Crippen molar-refractivity contribution in [2.75, 3.05) is 7.05 Å². The van der Waals surface area contributed by atoms with Crippen molar-refractivity contribution in [3.05, 3.63) is 51.9 Å². The Bertz CT molecular complexity index is 1060. The van der Waals surface area contributed by atoms with Crippen molar-refractivity contribution in [2.24, 2.45) is 5.92 Å². The normalized spacial score (nSPS) is 15.0. The summed E-state index contributed by atoms with van der Waals surface area (Å²) in [6, 6.07) is 8.43.